The molecule has 3 rings (SSSR count). The third-order valence-electron chi connectivity index (χ3n) is 3.62. The van der Waals surface area contributed by atoms with Gasteiger partial charge in [0.2, 0.25) is 0 Å². The summed E-state index contributed by atoms with van der Waals surface area (Å²) >= 11 is 0. The molecule has 3 atom stereocenters. The van der Waals surface area contributed by atoms with Crippen molar-refractivity contribution in [2.75, 3.05) is 7.11 Å². The van der Waals surface area contributed by atoms with Gasteiger partial charge in [0.25, 0.3) is 5.79 Å². The van der Waals surface area contributed by atoms with Crippen LogP contribution in [0.4, 0.5) is 0 Å². The first-order valence-electron chi connectivity index (χ1n) is 6.43. The van der Waals surface area contributed by atoms with Crippen LogP contribution in [0.15, 0.2) is 54.6 Å². The number of aliphatic hydroxyl groups excluding tert-OH is 1. The van der Waals surface area contributed by atoms with Crippen molar-refractivity contribution >= 4 is 0 Å². The van der Waals surface area contributed by atoms with Crippen LogP contribution in [0.3, 0.4) is 0 Å². The van der Waals surface area contributed by atoms with Crippen molar-refractivity contribution in [2.24, 2.45) is 0 Å². The maximum Gasteiger partial charge on any atom is 0.264 e. The van der Waals surface area contributed by atoms with Gasteiger partial charge in [-0.2, -0.15) is 0 Å². The molecule has 1 aliphatic heterocycles. The zero-order chi connectivity index (χ0) is 14.2. The molecule has 1 heterocycles. The standard InChI is InChI=1S/C16H16O4/c1-19-14-12-9-5-6-10-13(12)20-16(18,15(14)17)11-7-3-2-4-8-11/h2-10,14-15,17-18H,1H3. The highest BCUT2D eigenvalue weighted by Gasteiger charge is 2.49. The summed E-state index contributed by atoms with van der Waals surface area (Å²) in [6.07, 6.45) is -1.87. The highest BCUT2D eigenvalue weighted by Crippen LogP contribution is 2.44. The van der Waals surface area contributed by atoms with E-state index in [9.17, 15) is 10.2 Å². The van der Waals surface area contributed by atoms with Gasteiger partial charge in [0.1, 0.15) is 11.9 Å². The second-order valence-corrected chi connectivity index (χ2v) is 4.80. The molecule has 0 saturated heterocycles. The SMILES string of the molecule is COC1c2ccccc2OC(O)(c2ccccc2)C1O. The maximum absolute atomic E-state index is 10.8. The van der Waals surface area contributed by atoms with E-state index in [0.717, 1.165) is 5.56 Å². The average Bonchev–Trinajstić information content (AvgIpc) is 2.49. The van der Waals surface area contributed by atoms with Crippen LogP contribution < -0.4 is 4.74 Å². The monoisotopic (exact) mass is 272 g/mol. The van der Waals surface area contributed by atoms with Crippen LogP contribution in [-0.4, -0.2) is 23.4 Å². The van der Waals surface area contributed by atoms with Crippen molar-refractivity contribution in [3.8, 4) is 5.75 Å². The first kappa shape index (κ1) is 13.1. The Bertz CT molecular complexity index is 598. The lowest BCUT2D eigenvalue weighted by molar-refractivity contribution is -0.255. The number of methoxy groups -OCH3 is 1. The van der Waals surface area contributed by atoms with Gasteiger partial charge in [0.05, 0.1) is 0 Å². The van der Waals surface area contributed by atoms with Gasteiger partial charge in [-0.25, -0.2) is 0 Å². The van der Waals surface area contributed by atoms with Crippen molar-refractivity contribution in [3.63, 3.8) is 0 Å². The number of ether oxygens (including phenoxy) is 2. The van der Waals surface area contributed by atoms with Gasteiger partial charge in [-0.15, -0.1) is 0 Å². The molecule has 0 amide bonds. The molecule has 2 aromatic rings. The Morgan fingerprint density at radius 3 is 2.40 bits per heavy atom. The molecule has 0 spiro atoms. The maximum atomic E-state index is 10.8. The Balaban J connectivity index is 2.11. The molecule has 0 aromatic heterocycles. The van der Waals surface area contributed by atoms with Gasteiger partial charge in [-0.3, -0.25) is 0 Å². The zero-order valence-electron chi connectivity index (χ0n) is 11.1. The van der Waals surface area contributed by atoms with E-state index in [1.165, 1.54) is 7.11 Å². The van der Waals surface area contributed by atoms with Crippen molar-refractivity contribution < 1.29 is 19.7 Å². The highest BCUT2D eigenvalue weighted by molar-refractivity contribution is 5.41. The second-order valence-electron chi connectivity index (χ2n) is 4.80. The molecule has 20 heavy (non-hydrogen) atoms. The molecular formula is C16H16O4. The molecular weight excluding hydrogens is 256 g/mol. The fraction of sp³-hybridized carbons (Fsp3) is 0.250. The van der Waals surface area contributed by atoms with Crippen molar-refractivity contribution in [2.45, 2.75) is 18.0 Å². The molecule has 0 fully saturated rings. The van der Waals surface area contributed by atoms with Crippen LogP contribution in [0.1, 0.15) is 17.2 Å². The lowest BCUT2D eigenvalue weighted by Crippen LogP contribution is -2.51. The van der Waals surface area contributed by atoms with Crippen molar-refractivity contribution in [1.29, 1.82) is 0 Å². The second kappa shape index (κ2) is 4.90. The molecule has 1 aliphatic rings. The molecule has 0 saturated carbocycles. The minimum Gasteiger partial charge on any atom is -0.455 e. The topological polar surface area (TPSA) is 58.9 Å². The van der Waals surface area contributed by atoms with E-state index in [1.807, 2.05) is 24.3 Å². The Labute approximate surface area is 117 Å². The fourth-order valence-electron chi connectivity index (χ4n) is 2.57. The largest absolute Gasteiger partial charge is 0.455 e. The Morgan fingerprint density at radius 2 is 1.70 bits per heavy atom. The van der Waals surface area contributed by atoms with E-state index in [2.05, 4.69) is 0 Å². The van der Waals surface area contributed by atoms with Crippen LogP contribution in [0.5, 0.6) is 5.75 Å². The van der Waals surface area contributed by atoms with Crippen molar-refractivity contribution in [1.82, 2.24) is 0 Å². The van der Waals surface area contributed by atoms with Gasteiger partial charge in [0.15, 0.2) is 6.10 Å². The number of hydrogen-bond donors (Lipinski definition) is 2. The van der Waals surface area contributed by atoms with Crippen LogP contribution in [-0.2, 0) is 10.5 Å². The van der Waals surface area contributed by atoms with Crippen molar-refractivity contribution in [3.05, 3.63) is 65.7 Å². The number of fused-ring (bicyclic) bond motifs is 1. The number of para-hydroxylation sites is 1. The summed E-state index contributed by atoms with van der Waals surface area (Å²) < 4.78 is 11.0. The Kier molecular flexibility index (Phi) is 3.22. The predicted octanol–water partition coefficient (Wildman–Crippen LogP) is 1.97. The molecule has 2 aromatic carbocycles. The number of hydrogen-bond acceptors (Lipinski definition) is 4. The van der Waals surface area contributed by atoms with E-state index in [4.69, 9.17) is 9.47 Å². The third-order valence-corrected chi connectivity index (χ3v) is 3.62. The molecule has 3 unspecified atom stereocenters. The zero-order valence-corrected chi connectivity index (χ0v) is 11.1. The summed E-state index contributed by atoms with van der Waals surface area (Å²) in [7, 11) is 1.50. The van der Waals surface area contributed by atoms with Gasteiger partial charge in [0, 0.05) is 18.2 Å². The third kappa shape index (κ3) is 1.89. The Morgan fingerprint density at radius 1 is 1.05 bits per heavy atom. The van der Waals surface area contributed by atoms with E-state index >= 15 is 0 Å². The summed E-state index contributed by atoms with van der Waals surface area (Å²) in [4.78, 5) is 0. The normalized spacial score (nSPS) is 28.6. The highest BCUT2D eigenvalue weighted by atomic mass is 16.6. The lowest BCUT2D eigenvalue weighted by atomic mass is 9.89. The van der Waals surface area contributed by atoms with E-state index in [0.29, 0.717) is 11.3 Å². The molecule has 4 nitrogen and oxygen atoms in total. The minimum atomic E-state index is -1.82. The predicted molar refractivity (Wildman–Crippen MR) is 73.2 cm³/mol. The summed E-state index contributed by atoms with van der Waals surface area (Å²) in [5.74, 6) is -1.31. The van der Waals surface area contributed by atoms with Gasteiger partial charge in [-0.05, 0) is 6.07 Å². The van der Waals surface area contributed by atoms with E-state index in [-0.39, 0.29) is 0 Å². The number of rotatable bonds is 2. The van der Waals surface area contributed by atoms with E-state index < -0.39 is 18.0 Å². The Hall–Kier alpha value is -1.88. The van der Waals surface area contributed by atoms with Crippen LogP contribution in [0, 0.1) is 0 Å². The van der Waals surface area contributed by atoms with Crippen LogP contribution in [0.25, 0.3) is 0 Å². The molecule has 2 N–H and O–H groups in total. The molecule has 104 valence electrons. The quantitative estimate of drug-likeness (QED) is 0.877. The average molecular weight is 272 g/mol. The smallest absolute Gasteiger partial charge is 0.264 e. The number of benzene rings is 2. The van der Waals surface area contributed by atoms with Crippen LogP contribution in [0.2, 0.25) is 0 Å². The molecule has 0 radical (unpaired) electrons. The first-order valence-corrected chi connectivity index (χ1v) is 6.43. The molecule has 0 aliphatic carbocycles. The number of aliphatic hydroxyl groups is 2. The summed E-state index contributed by atoms with van der Waals surface area (Å²) in [5.41, 5.74) is 1.21. The lowest BCUT2D eigenvalue weighted by Gasteiger charge is -2.42. The molecule has 4 heteroatoms. The van der Waals surface area contributed by atoms with Gasteiger partial charge in [-0.1, -0.05) is 48.5 Å². The fourth-order valence-corrected chi connectivity index (χ4v) is 2.57. The van der Waals surface area contributed by atoms with Crippen LogP contribution >= 0.6 is 0 Å². The summed E-state index contributed by atoms with van der Waals surface area (Å²) in [6, 6.07) is 16.1. The van der Waals surface area contributed by atoms with Gasteiger partial charge >= 0.3 is 0 Å². The van der Waals surface area contributed by atoms with Gasteiger partial charge < -0.3 is 19.7 Å². The first-order chi connectivity index (χ1) is 9.66. The summed E-state index contributed by atoms with van der Waals surface area (Å²) in [5, 5.41) is 21.3. The minimum absolute atomic E-state index is 0.490. The molecule has 0 bridgehead atoms. The summed E-state index contributed by atoms with van der Waals surface area (Å²) in [6.45, 7) is 0. The van der Waals surface area contributed by atoms with E-state index in [1.54, 1.807) is 30.3 Å².